The summed E-state index contributed by atoms with van der Waals surface area (Å²) in [6, 6.07) is 3.73. The molecule has 2 atom stereocenters. The second-order valence-corrected chi connectivity index (χ2v) is 10.0. The van der Waals surface area contributed by atoms with Crippen molar-refractivity contribution in [1.29, 1.82) is 5.26 Å². The number of hydrogen-bond donors (Lipinski definition) is 2. The Morgan fingerprint density at radius 1 is 1.39 bits per heavy atom. The molecule has 2 aliphatic carbocycles. The Bertz CT molecular complexity index is 1230. The highest BCUT2D eigenvalue weighted by atomic mass is 32.2. The lowest BCUT2D eigenvalue weighted by molar-refractivity contribution is 0.224. The second kappa shape index (κ2) is 7.66. The topological polar surface area (TPSA) is 135 Å². The van der Waals surface area contributed by atoms with Crippen LogP contribution in [-0.2, 0) is 35.7 Å². The van der Waals surface area contributed by atoms with Crippen LogP contribution in [0.1, 0.15) is 53.9 Å². The molecule has 1 aliphatic heterocycles. The fraction of sp³-hybridized carbons (Fsp3) is 0.476. The number of carbonyl (C=O) groups is 1. The van der Waals surface area contributed by atoms with E-state index in [-0.39, 0.29) is 10.8 Å². The van der Waals surface area contributed by atoms with Crippen molar-refractivity contribution in [2.45, 2.75) is 62.3 Å². The number of benzene rings is 1. The summed E-state index contributed by atoms with van der Waals surface area (Å²) >= 11 is 0. The first-order valence-corrected chi connectivity index (χ1v) is 12.1. The standard InChI is InChI=1S/C21H24N6O3S/c22-8-7-13-5-6-15-11-14-3-1-4-16(14)19(18(13)15)25-21(28)26-31(23,29)17-12-24-27-9-2-10-30-20(17)27/h11-13H,1-7,9-10H2,(H3,23,25,26,28,29)/t13-,31-/m1/s1. The number of nitrogens with one attached hydrogen (secondary N) is 1. The molecule has 0 radical (unpaired) electrons. The van der Waals surface area contributed by atoms with Gasteiger partial charge in [0, 0.05) is 25.1 Å². The van der Waals surface area contributed by atoms with Gasteiger partial charge in [0.15, 0.2) is 9.92 Å². The quantitative estimate of drug-likeness (QED) is 0.756. The number of aryl methyl sites for hydroxylation is 3. The Labute approximate surface area is 180 Å². The lowest BCUT2D eigenvalue weighted by Gasteiger charge is -2.18. The van der Waals surface area contributed by atoms with E-state index >= 15 is 0 Å². The number of anilines is 1. The predicted octanol–water partition coefficient (Wildman–Crippen LogP) is 3.03. The summed E-state index contributed by atoms with van der Waals surface area (Å²) in [6.45, 7) is 1.11. The molecule has 162 valence electrons. The van der Waals surface area contributed by atoms with Gasteiger partial charge in [-0.15, -0.1) is 4.36 Å². The molecule has 2 heterocycles. The van der Waals surface area contributed by atoms with Crippen molar-refractivity contribution >= 4 is 21.6 Å². The average Bonchev–Trinajstić information content (AvgIpc) is 3.46. The number of ether oxygens (including phenoxy) is 1. The third kappa shape index (κ3) is 3.47. The average molecular weight is 441 g/mol. The first-order chi connectivity index (χ1) is 15.0. The van der Waals surface area contributed by atoms with E-state index in [1.807, 2.05) is 0 Å². The van der Waals surface area contributed by atoms with E-state index in [2.05, 4.69) is 26.9 Å². The molecule has 0 bridgehead atoms. The van der Waals surface area contributed by atoms with E-state index in [1.54, 1.807) is 4.68 Å². The van der Waals surface area contributed by atoms with Crippen molar-refractivity contribution in [3.8, 4) is 11.9 Å². The first-order valence-electron chi connectivity index (χ1n) is 10.6. The molecule has 1 aromatic carbocycles. The summed E-state index contributed by atoms with van der Waals surface area (Å²) in [5, 5.41) is 22.3. The van der Waals surface area contributed by atoms with Gasteiger partial charge in [0.2, 0.25) is 5.88 Å². The molecule has 2 amide bonds. The molecule has 0 spiro atoms. The second-order valence-electron chi connectivity index (χ2n) is 8.24. The van der Waals surface area contributed by atoms with Gasteiger partial charge in [0.25, 0.3) is 0 Å². The van der Waals surface area contributed by atoms with E-state index < -0.39 is 15.9 Å². The fourth-order valence-electron chi connectivity index (χ4n) is 4.98. The van der Waals surface area contributed by atoms with E-state index in [4.69, 9.17) is 9.88 Å². The van der Waals surface area contributed by atoms with Crippen LogP contribution in [0.4, 0.5) is 10.5 Å². The van der Waals surface area contributed by atoms with Crippen LogP contribution in [0.25, 0.3) is 0 Å². The van der Waals surface area contributed by atoms with Crippen LogP contribution in [-0.4, -0.2) is 26.6 Å². The van der Waals surface area contributed by atoms with Crippen molar-refractivity contribution in [2.75, 3.05) is 11.9 Å². The summed E-state index contributed by atoms with van der Waals surface area (Å²) in [5.74, 6) is 0.394. The minimum atomic E-state index is -3.53. The molecule has 5 rings (SSSR count). The number of fused-ring (bicyclic) bond motifs is 3. The number of rotatable bonds is 3. The van der Waals surface area contributed by atoms with E-state index in [0.717, 1.165) is 55.3 Å². The van der Waals surface area contributed by atoms with E-state index in [0.29, 0.717) is 25.5 Å². The van der Waals surface area contributed by atoms with Gasteiger partial charge in [-0.3, -0.25) is 0 Å². The van der Waals surface area contributed by atoms with Crippen molar-refractivity contribution in [1.82, 2.24) is 9.78 Å². The summed E-state index contributed by atoms with van der Waals surface area (Å²) in [6.07, 6.45) is 7.20. The normalized spacial score (nSPS) is 20.6. The Kier molecular flexibility index (Phi) is 4.95. The zero-order chi connectivity index (χ0) is 21.6. The van der Waals surface area contributed by atoms with Crippen LogP contribution in [0.2, 0.25) is 0 Å². The Balaban J connectivity index is 1.51. The molecule has 0 saturated carbocycles. The van der Waals surface area contributed by atoms with Crippen LogP contribution < -0.4 is 15.2 Å². The third-order valence-corrected chi connectivity index (χ3v) is 7.66. The van der Waals surface area contributed by atoms with Crippen LogP contribution >= 0.6 is 0 Å². The minimum absolute atomic E-state index is 0.0829. The van der Waals surface area contributed by atoms with Gasteiger partial charge in [0.05, 0.1) is 18.9 Å². The van der Waals surface area contributed by atoms with Crippen molar-refractivity contribution in [3.05, 3.63) is 34.5 Å². The lowest BCUT2D eigenvalue weighted by atomic mass is 9.92. The number of nitriles is 1. The summed E-state index contributed by atoms with van der Waals surface area (Å²) in [5.41, 5.74) is 5.28. The molecule has 9 nitrogen and oxygen atoms in total. The molecule has 0 unspecified atom stereocenters. The largest absolute Gasteiger partial charge is 0.477 e. The molecular weight excluding hydrogens is 416 g/mol. The number of aromatic nitrogens is 2. The molecule has 1 aromatic heterocycles. The smallest absolute Gasteiger partial charge is 0.354 e. The molecule has 0 fully saturated rings. The molecule has 10 heteroatoms. The summed E-state index contributed by atoms with van der Waals surface area (Å²) in [7, 11) is -3.53. The van der Waals surface area contributed by atoms with Crippen molar-refractivity contribution in [2.24, 2.45) is 9.50 Å². The predicted molar refractivity (Wildman–Crippen MR) is 114 cm³/mol. The van der Waals surface area contributed by atoms with E-state index in [9.17, 15) is 14.3 Å². The zero-order valence-electron chi connectivity index (χ0n) is 17.1. The zero-order valence-corrected chi connectivity index (χ0v) is 17.9. The summed E-state index contributed by atoms with van der Waals surface area (Å²) in [4.78, 5) is 13.0. The molecule has 31 heavy (non-hydrogen) atoms. The van der Waals surface area contributed by atoms with Crippen LogP contribution in [0.5, 0.6) is 5.88 Å². The van der Waals surface area contributed by atoms with Gasteiger partial charge in [-0.2, -0.15) is 10.4 Å². The Morgan fingerprint density at radius 2 is 2.26 bits per heavy atom. The first kappa shape index (κ1) is 20.0. The number of nitrogens with zero attached hydrogens (tertiary/aromatic N) is 4. The number of nitrogens with two attached hydrogens (primary N) is 1. The monoisotopic (exact) mass is 440 g/mol. The highest BCUT2D eigenvalue weighted by Gasteiger charge is 2.31. The highest BCUT2D eigenvalue weighted by molar-refractivity contribution is 7.91. The van der Waals surface area contributed by atoms with E-state index in [1.165, 1.54) is 17.3 Å². The maximum atomic E-state index is 13.1. The molecule has 3 N–H and O–H groups in total. The van der Waals surface area contributed by atoms with Gasteiger partial charge in [-0.25, -0.2) is 18.8 Å². The number of carbonyl (C=O) groups excluding carboxylic acids is 1. The van der Waals surface area contributed by atoms with Gasteiger partial charge < -0.3 is 10.1 Å². The van der Waals surface area contributed by atoms with Crippen LogP contribution in [0, 0.1) is 11.3 Å². The van der Waals surface area contributed by atoms with Gasteiger partial charge in [-0.1, -0.05) is 6.07 Å². The van der Waals surface area contributed by atoms with Gasteiger partial charge in [0.1, 0.15) is 4.90 Å². The van der Waals surface area contributed by atoms with Gasteiger partial charge in [-0.05, 0) is 60.3 Å². The SMILES string of the molecule is N#CC[C@H]1CCc2cc3c(c(NC(=O)N=[S@@](N)(=O)c4cnn5c4OCCC5)c21)CCC3. The highest BCUT2D eigenvalue weighted by Crippen LogP contribution is 2.45. The van der Waals surface area contributed by atoms with Crippen LogP contribution in [0.3, 0.4) is 0 Å². The molecular formula is C21H24N6O3S. The minimum Gasteiger partial charge on any atom is -0.477 e. The Morgan fingerprint density at radius 3 is 3.10 bits per heavy atom. The lowest BCUT2D eigenvalue weighted by Crippen LogP contribution is -2.21. The maximum Gasteiger partial charge on any atom is 0.354 e. The molecule has 3 aliphatic rings. The molecule has 2 aromatic rings. The third-order valence-electron chi connectivity index (χ3n) is 6.31. The summed E-state index contributed by atoms with van der Waals surface area (Å²) < 4.78 is 24.1. The van der Waals surface area contributed by atoms with Crippen molar-refractivity contribution < 1.29 is 13.7 Å². The molecule has 0 saturated heterocycles. The maximum absolute atomic E-state index is 13.1. The van der Waals surface area contributed by atoms with Gasteiger partial charge >= 0.3 is 6.03 Å². The fourth-order valence-corrected chi connectivity index (χ4v) is 5.98. The number of amides is 2. The van der Waals surface area contributed by atoms with Crippen molar-refractivity contribution in [3.63, 3.8) is 0 Å². The Hall–Kier alpha value is -2.90. The number of urea groups is 1. The van der Waals surface area contributed by atoms with Crippen LogP contribution in [0.15, 0.2) is 21.5 Å². The number of hydrogen-bond acceptors (Lipinski definition) is 5.